The third kappa shape index (κ3) is 2.59. The minimum atomic E-state index is 0.569. The Hall–Kier alpha value is -1.68. The van der Waals surface area contributed by atoms with E-state index in [2.05, 4.69) is 5.32 Å². The number of anilines is 1. The lowest BCUT2D eigenvalue weighted by atomic mass is 10.1. The molecule has 0 saturated carbocycles. The van der Waals surface area contributed by atoms with E-state index in [1.807, 2.05) is 41.1 Å². The number of halogens is 3. The molecular weight excluding hydrogens is 353 g/mol. The molecule has 1 aliphatic heterocycles. The highest BCUT2D eigenvalue weighted by Crippen LogP contribution is 2.36. The van der Waals surface area contributed by atoms with Crippen molar-refractivity contribution in [1.29, 1.82) is 0 Å². The number of aromatic nitrogens is 2. The molecule has 116 valence electrons. The van der Waals surface area contributed by atoms with E-state index in [4.69, 9.17) is 39.9 Å². The van der Waals surface area contributed by atoms with Crippen molar-refractivity contribution in [3.8, 4) is 16.9 Å². The van der Waals surface area contributed by atoms with Gasteiger partial charge in [-0.2, -0.15) is 5.10 Å². The van der Waals surface area contributed by atoms with Gasteiger partial charge in [0.25, 0.3) is 0 Å². The predicted molar refractivity (Wildman–Crippen MR) is 96.2 cm³/mol. The largest absolute Gasteiger partial charge is 0.369 e. The molecule has 0 spiro atoms. The van der Waals surface area contributed by atoms with Crippen LogP contribution in [0.4, 0.5) is 5.82 Å². The molecule has 0 amide bonds. The zero-order valence-electron chi connectivity index (χ0n) is 12.0. The molecule has 0 bridgehead atoms. The van der Waals surface area contributed by atoms with Crippen LogP contribution in [0.5, 0.6) is 0 Å². The average Bonchev–Trinajstić information content (AvgIpc) is 3.11. The molecule has 2 heterocycles. The molecule has 0 atom stereocenters. The molecule has 4 rings (SSSR count). The second kappa shape index (κ2) is 5.75. The van der Waals surface area contributed by atoms with Crippen LogP contribution in [0.1, 0.15) is 5.56 Å². The molecule has 0 saturated heterocycles. The van der Waals surface area contributed by atoms with Crippen LogP contribution in [-0.2, 0) is 6.42 Å². The molecule has 0 unspecified atom stereocenters. The van der Waals surface area contributed by atoms with E-state index in [1.165, 1.54) is 5.56 Å². The third-order valence-corrected chi connectivity index (χ3v) is 4.70. The number of hydrogen-bond acceptors (Lipinski definition) is 2. The van der Waals surface area contributed by atoms with Crippen molar-refractivity contribution < 1.29 is 0 Å². The first kappa shape index (κ1) is 14.9. The second-order valence-electron chi connectivity index (χ2n) is 5.37. The van der Waals surface area contributed by atoms with Gasteiger partial charge < -0.3 is 5.32 Å². The van der Waals surface area contributed by atoms with E-state index in [9.17, 15) is 0 Å². The van der Waals surface area contributed by atoms with Crippen molar-refractivity contribution in [1.82, 2.24) is 9.78 Å². The Bertz CT molecular complexity index is 885. The summed E-state index contributed by atoms with van der Waals surface area (Å²) in [6.45, 7) is 0.888. The predicted octanol–water partition coefficient (Wildman–Crippen LogP) is 5.47. The summed E-state index contributed by atoms with van der Waals surface area (Å²) in [4.78, 5) is 0. The van der Waals surface area contributed by atoms with Crippen molar-refractivity contribution >= 4 is 40.6 Å². The van der Waals surface area contributed by atoms with Gasteiger partial charge in [-0.15, -0.1) is 0 Å². The van der Waals surface area contributed by atoms with E-state index in [1.54, 1.807) is 6.07 Å². The van der Waals surface area contributed by atoms with Crippen molar-refractivity contribution in [2.75, 3.05) is 11.9 Å². The van der Waals surface area contributed by atoms with Crippen LogP contribution in [0, 0.1) is 0 Å². The maximum absolute atomic E-state index is 6.35. The van der Waals surface area contributed by atoms with Gasteiger partial charge in [0, 0.05) is 27.7 Å². The molecular formula is C17H12Cl3N3. The molecule has 0 aliphatic carbocycles. The maximum atomic E-state index is 6.35. The van der Waals surface area contributed by atoms with Crippen molar-refractivity contribution in [3.05, 3.63) is 63.1 Å². The van der Waals surface area contributed by atoms with Crippen LogP contribution in [-0.4, -0.2) is 16.3 Å². The minimum absolute atomic E-state index is 0.569. The summed E-state index contributed by atoms with van der Waals surface area (Å²) >= 11 is 18.3. The molecule has 1 aromatic heterocycles. The summed E-state index contributed by atoms with van der Waals surface area (Å²) in [5.74, 6) is 0.985. The zero-order chi connectivity index (χ0) is 16.0. The monoisotopic (exact) mass is 363 g/mol. The van der Waals surface area contributed by atoms with Crippen LogP contribution in [0.2, 0.25) is 15.1 Å². The average molecular weight is 365 g/mol. The van der Waals surface area contributed by atoms with Gasteiger partial charge in [0.05, 0.1) is 16.4 Å². The van der Waals surface area contributed by atoms with Crippen molar-refractivity contribution in [2.45, 2.75) is 6.42 Å². The van der Waals surface area contributed by atoms with Crippen LogP contribution < -0.4 is 5.32 Å². The van der Waals surface area contributed by atoms with Gasteiger partial charge in [0.15, 0.2) is 0 Å². The highest BCUT2D eigenvalue weighted by Gasteiger charge is 2.24. The van der Waals surface area contributed by atoms with Gasteiger partial charge in [0.1, 0.15) is 5.82 Å². The Kier molecular flexibility index (Phi) is 3.72. The first-order valence-electron chi connectivity index (χ1n) is 7.20. The molecule has 3 nitrogen and oxygen atoms in total. The topological polar surface area (TPSA) is 29.9 Å². The number of fused-ring (bicyclic) bond motifs is 1. The first-order valence-corrected chi connectivity index (χ1v) is 8.34. The molecule has 0 fully saturated rings. The summed E-state index contributed by atoms with van der Waals surface area (Å²) in [6.07, 6.45) is 0.929. The van der Waals surface area contributed by atoms with E-state index in [0.29, 0.717) is 15.1 Å². The van der Waals surface area contributed by atoms with Crippen molar-refractivity contribution in [2.24, 2.45) is 0 Å². The van der Waals surface area contributed by atoms with Crippen LogP contribution >= 0.6 is 34.8 Å². The van der Waals surface area contributed by atoms with E-state index < -0.39 is 0 Å². The molecule has 0 radical (unpaired) electrons. The molecule has 1 aliphatic rings. The van der Waals surface area contributed by atoms with Gasteiger partial charge in [-0.3, -0.25) is 0 Å². The summed E-state index contributed by atoms with van der Waals surface area (Å²) < 4.78 is 1.85. The van der Waals surface area contributed by atoms with Gasteiger partial charge in [0.2, 0.25) is 0 Å². The minimum Gasteiger partial charge on any atom is -0.369 e. The summed E-state index contributed by atoms with van der Waals surface area (Å²) in [5, 5.41) is 10.1. The van der Waals surface area contributed by atoms with E-state index in [-0.39, 0.29) is 0 Å². The number of nitrogens with zero attached hydrogens (tertiary/aromatic N) is 2. The maximum Gasteiger partial charge on any atom is 0.133 e. The van der Waals surface area contributed by atoms with Gasteiger partial charge in [-0.25, -0.2) is 4.68 Å². The Morgan fingerprint density at radius 3 is 2.43 bits per heavy atom. The summed E-state index contributed by atoms with van der Waals surface area (Å²) in [6, 6.07) is 13.1. The quantitative estimate of drug-likeness (QED) is 0.653. The highest BCUT2D eigenvalue weighted by molar-refractivity contribution is 6.35. The van der Waals surface area contributed by atoms with Gasteiger partial charge in [-0.05, 0) is 36.8 Å². The van der Waals surface area contributed by atoms with E-state index >= 15 is 0 Å². The Morgan fingerprint density at radius 1 is 0.957 bits per heavy atom. The fourth-order valence-corrected chi connectivity index (χ4v) is 3.46. The van der Waals surface area contributed by atoms with Gasteiger partial charge in [-0.1, -0.05) is 46.9 Å². The lowest BCUT2D eigenvalue weighted by Gasteiger charge is -2.08. The van der Waals surface area contributed by atoms with Crippen molar-refractivity contribution in [3.63, 3.8) is 0 Å². The van der Waals surface area contributed by atoms with Crippen LogP contribution in [0.15, 0.2) is 42.5 Å². The molecule has 23 heavy (non-hydrogen) atoms. The highest BCUT2D eigenvalue weighted by atomic mass is 35.5. The van der Waals surface area contributed by atoms with Crippen LogP contribution in [0.25, 0.3) is 16.9 Å². The number of hydrogen-bond donors (Lipinski definition) is 1. The van der Waals surface area contributed by atoms with E-state index in [0.717, 1.165) is 35.7 Å². The number of nitrogens with one attached hydrogen (secondary N) is 1. The fraction of sp³-hybridized carbons (Fsp3) is 0.118. The van der Waals surface area contributed by atoms with Crippen LogP contribution in [0.3, 0.4) is 0 Å². The Labute approximate surface area is 148 Å². The molecule has 1 N–H and O–H groups in total. The number of rotatable bonds is 2. The lowest BCUT2D eigenvalue weighted by molar-refractivity contribution is 0.882. The Balaban J connectivity index is 1.89. The molecule has 6 heteroatoms. The lowest BCUT2D eigenvalue weighted by Crippen LogP contribution is -2.04. The normalized spacial score (nSPS) is 13.0. The molecule has 2 aromatic carbocycles. The zero-order valence-corrected chi connectivity index (χ0v) is 14.3. The Morgan fingerprint density at radius 2 is 1.70 bits per heavy atom. The SMILES string of the molecule is Clc1ccc(-c2nn(-c3ccc(Cl)cc3Cl)c3c2CCN3)cc1. The first-order chi connectivity index (χ1) is 11.1. The summed E-state index contributed by atoms with van der Waals surface area (Å²) in [5.41, 5.74) is 3.99. The smallest absolute Gasteiger partial charge is 0.133 e. The number of benzene rings is 2. The molecule has 3 aromatic rings. The third-order valence-electron chi connectivity index (χ3n) is 3.91. The second-order valence-corrected chi connectivity index (χ2v) is 6.65. The fourth-order valence-electron chi connectivity index (χ4n) is 2.84. The van der Waals surface area contributed by atoms with Gasteiger partial charge >= 0.3 is 0 Å². The standard InChI is InChI=1S/C17H12Cl3N3/c18-11-3-1-10(2-4-11)16-13-7-8-21-17(13)23(22-16)15-6-5-12(19)9-14(15)20/h1-6,9,21H,7-8H2. The summed E-state index contributed by atoms with van der Waals surface area (Å²) in [7, 11) is 0.